The molecule has 1 unspecified atom stereocenters. The van der Waals surface area contributed by atoms with Gasteiger partial charge in [-0.2, -0.15) is 0 Å². The summed E-state index contributed by atoms with van der Waals surface area (Å²) in [6.07, 6.45) is 1.61. The first-order valence-corrected chi connectivity index (χ1v) is 8.04. The lowest BCUT2D eigenvalue weighted by atomic mass is 10.0. The molecule has 5 heteroatoms. The van der Waals surface area contributed by atoms with Gasteiger partial charge in [-0.3, -0.25) is 9.59 Å². The standard InChI is InChI=1S/C17H25N3O2/c1-3-20(4-2)17(22)14-5-7-15(8-6-14)19-16(21)11-13-9-10-18-12-13/h5-8,13,18H,3-4,9-12H2,1-2H3,(H,19,21). The van der Waals surface area contributed by atoms with Crippen molar-refractivity contribution < 1.29 is 9.59 Å². The molecule has 0 aromatic heterocycles. The minimum atomic E-state index is 0.0277. The predicted molar refractivity (Wildman–Crippen MR) is 87.9 cm³/mol. The van der Waals surface area contributed by atoms with E-state index in [0.717, 1.165) is 25.2 Å². The largest absolute Gasteiger partial charge is 0.339 e. The van der Waals surface area contributed by atoms with Crippen LogP contribution >= 0.6 is 0 Å². The van der Waals surface area contributed by atoms with Gasteiger partial charge in [0, 0.05) is 30.8 Å². The highest BCUT2D eigenvalue weighted by Gasteiger charge is 2.18. The van der Waals surface area contributed by atoms with Gasteiger partial charge in [-0.15, -0.1) is 0 Å². The van der Waals surface area contributed by atoms with Gasteiger partial charge in [0.2, 0.25) is 5.91 Å². The van der Waals surface area contributed by atoms with Gasteiger partial charge in [-0.1, -0.05) is 0 Å². The third-order valence-corrected chi connectivity index (χ3v) is 4.10. The molecule has 0 saturated carbocycles. The van der Waals surface area contributed by atoms with Gasteiger partial charge in [0.15, 0.2) is 0 Å². The lowest BCUT2D eigenvalue weighted by Crippen LogP contribution is -2.30. The Morgan fingerprint density at radius 2 is 1.91 bits per heavy atom. The first kappa shape index (κ1) is 16.5. The minimum Gasteiger partial charge on any atom is -0.339 e. The van der Waals surface area contributed by atoms with Gasteiger partial charge in [0.1, 0.15) is 0 Å². The first-order chi connectivity index (χ1) is 10.6. The van der Waals surface area contributed by atoms with E-state index in [2.05, 4.69) is 10.6 Å². The number of hydrogen-bond acceptors (Lipinski definition) is 3. The van der Waals surface area contributed by atoms with Crippen molar-refractivity contribution >= 4 is 17.5 Å². The molecular formula is C17H25N3O2. The zero-order chi connectivity index (χ0) is 15.9. The van der Waals surface area contributed by atoms with Crippen LogP contribution in [-0.2, 0) is 4.79 Å². The highest BCUT2D eigenvalue weighted by atomic mass is 16.2. The summed E-state index contributed by atoms with van der Waals surface area (Å²) in [4.78, 5) is 26.0. The molecule has 0 bridgehead atoms. The van der Waals surface area contributed by atoms with E-state index in [0.29, 0.717) is 31.0 Å². The fourth-order valence-electron chi connectivity index (χ4n) is 2.75. The second kappa shape index (κ2) is 7.94. The van der Waals surface area contributed by atoms with E-state index in [4.69, 9.17) is 0 Å². The topological polar surface area (TPSA) is 61.4 Å². The normalized spacial score (nSPS) is 17.3. The Balaban J connectivity index is 1.90. The smallest absolute Gasteiger partial charge is 0.253 e. The average molecular weight is 303 g/mol. The first-order valence-electron chi connectivity index (χ1n) is 8.04. The van der Waals surface area contributed by atoms with Crippen LogP contribution in [-0.4, -0.2) is 42.9 Å². The molecule has 5 nitrogen and oxygen atoms in total. The number of nitrogens with zero attached hydrogens (tertiary/aromatic N) is 1. The van der Waals surface area contributed by atoms with Crippen LogP contribution in [0.25, 0.3) is 0 Å². The Morgan fingerprint density at radius 1 is 1.23 bits per heavy atom. The van der Waals surface area contributed by atoms with Gasteiger partial charge in [0.05, 0.1) is 0 Å². The number of anilines is 1. The number of carbonyl (C=O) groups is 2. The molecule has 120 valence electrons. The van der Waals surface area contributed by atoms with Crippen LogP contribution in [0.4, 0.5) is 5.69 Å². The Hall–Kier alpha value is -1.88. The third kappa shape index (κ3) is 4.31. The van der Waals surface area contributed by atoms with Crippen molar-refractivity contribution in [2.75, 3.05) is 31.5 Å². The highest BCUT2D eigenvalue weighted by Crippen LogP contribution is 2.15. The number of benzene rings is 1. The van der Waals surface area contributed by atoms with Crippen molar-refractivity contribution in [3.8, 4) is 0 Å². The summed E-state index contributed by atoms with van der Waals surface area (Å²) in [6, 6.07) is 7.13. The number of rotatable bonds is 6. The Bertz CT molecular complexity index is 503. The van der Waals surface area contributed by atoms with Gasteiger partial charge >= 0.3 is 0 Å². The van der Waals surface area contributed by atoms with E-state index >= 15 is 0 Å². The molecule has 1 aromatic rings. The van der Waals surface area contributed by atoms with Crippen LogP contribution in [0, 0.1) is 5.92 Å². The van der Waals surface area contributed by atoms with Gasteiger partial charge < -0.3 is 15.5 Å². The average Bonchev–Trinajstić information content (AvgIpc) is 3.02. The number of amides is 2. The molecule has 1 fully saturated rings. The molecule has 0 spiro atoms. The predicted octanol–water partition coefficient (Wildman–Crippen LogP) is 2.11. The molecule has 1 aromatic carbocycles. The van der Waals surface area contributed by atoms with Crippen LogP contribution in [0.15, 0.2) is 24.3 Å². The molecule has 1 aliphatic heterocycles. The summed E-state index contributed by atoms with van der Waals surface area (Å²) >= 11 is 0. The van der Waals surface area contributed by atoms with Gasteiger partial charge in [0.25, 0.3) is 5.91 Å². The quantitative estimate of drug-likeness (QED) is 0.846. The van der Waals surface area contributed by atoms with Crippen LogP contribution in [0.3, 0.4) is 0 Å². The van der Waals surface area contributed by atoms with Crippen molar-refractivity contribution in [2.24, 2.45) is 5.92 Å². The molecule has 0 aliphatic carbocycles. The summed E-state index contributed by atoms with van der Waals surface area (Å²) in [7, 11) is 0. The summed E-state index contributed by atoms with van der Waals surface area (Å²) in [5.74, 6) is 0.500. The van der Waals surface area contributed by atoms with Crippen LogP contribution < -0.4 is 10.6 Å². The zero-order valence-electron chi connectivity index (χ0n) is 13.4. The molecule has 1 saturated heterocycles. The van der Waals surface area contributed by atoms with Crippen molar-refractivity contribution in [1.29, 1.82) is 0 Å². The van der Waals surface area contributed by atoms with Crippen LogP contribution in [0.2, 0.25) is 0 Å². The van der Waals surface area contributed by atoms with E-state index < -0.39 is 0 Å². The van der Waals surface area contributed by atoms with Crippen molar-refractivity contribution in [3.05, 3.63) is 29.8 Å². The maximum Gasteiger partial charge on any atom is 0.253 e. The Kier molecular flexibility index (Phi) is 5.95. The maximum atomic E-state index is 12.2. The number of carbonyl (C=O) groups excluding carboxylic acids is 2. The molecule has 2 rings (SSSR count). The third-order valence-electron chi connectivity index (χ3n) is 4.10. The molecule has 2 amide bonds. The van der Waals surface area contributed by atoms with E-state index in [1.54, 1.807) is 29.2 Å². The van der Waals surface area contributed by atoms with E-state index in [1.807, 2.05) is 13.8 Å². The highest BCUT2D eigenvalue weighted by molar-refractivity contribution is 5.95. The number of nitrogens with one attached hydrogen (secondary N) is 2. The van der Waals surface area contributed by atoms with Crippen molar-refractivity contribution in [3.63, 3.8) is 0 Å². The van der Waals surface area contributed by atoms with Gasteiger partial charge in [-0.25, -0.2) is 0 Å². The molecule has 1 aliphatic rings. The SMILES string of the molecule is CCN(CC)C(=O)c1ccc(NC(=O)CC2CCNC2)cc1. The summed E-state index contributed by atoms with van der Waals surface area (Å²) < 4.78 is 0. The van der Waals surface area contributed by atoms with Crippen LogP contribution in [0.5, 0.6) is 0 Å². The molecule has 1 heterocycles. The zero-order valence-corrected chi connectivity index (χ0v) is 13.4. The lowest BCUT2D eigenvalue weighted by Gasteiger charge is -2.18. The minimum absolute atomic E-state index is 0.0277. The molecule has 1 atom stereocenters. The maximum absolute atomic E-state index is 12.2. The summed E-state index contributed by atoms with van der Waals surface area (Å²) in [5, 5.41) is 6.16. The van der Waals surface area contributed by atoms with Crippen molar-refractivity contribution in [1.82, 2.24) is 10.2 Å². The Morgan fingerprint density at radius 3 is 2.45 bits per heavy atom. The number of hydrogen-bond donors (Lipinski definition) is 2. The summed E-state index contributed by atoms with van der Waals surface area (Å²) in [6.45, 7) is 7.25. The fourth-order valence-corrected chi connectivity index (χ4v) is 2.75. The molecular weight excluding hydrogens is 278 g/mol. The fraction of sp³-hybridized carbons (Fsp3) is 0.529. The second-order valence-electron chi connectivity index (χ2n) is 5.67. The van der Waals surface area contributed by atoms with E-state index in [9.17, 15) is 9.59 Å². The van der Waals surface area contributed by atoms with Gasteiger partial charge in [-0.05, 0) is 63.5 Å². The molecule has 22 heavy (non-hydrogen) atoms. The Labute approximate surface area is 132 Å². The van der Waals surface area contributed by atoms with E-state index in [-0.39, 0.29) is 11.8 Å². The summed E-state index contributed by atoms with van der Waals surface area (Å²) in [5.41, 5.74) is 1.40. The van der Waals surface area contributed by atoms with Crippen LogP contribution in [0.1, 0.15) is 37.0 Å². The van der Waals surface area contributed by atoms with Crippen molar-refractivity contribution in [2.45, 2.75) is 26.7 Å². The monoisotopic (exact) mass is 303 g/mol. The molecule has 0 radical (unpaired) electrons. The molecule has 2 N–H and O–H groups in total. The lowest BCUT2D eigenvalue weighted by molar-refractivity contribution is -0.116. The van der Waals surface area contributed by atoms with E-state index in [1.165, 1.54) is 0 Å². The second-order valence-corrected chi connectivity index (χ2v) is 5.67.